The normalized spacial score (nSPS) is 10.6. The van der Waals surface area contributed by atoms with Crippen LogP contribution >= 0.6 is 0 Å². The van der Waals surface area contributed by atoms with Crippen LogP contribution in [0.5, 0.6) is 11.5 Å². The van der Waals surface area contributed by atoms with Crippen molar-refractivity contribution in [3.63, 3.8) is 0 Å². The molecule has 0 fully saturated rings. The van der Waals surface area contributed by atoms with E-state index >= 15 is 0 Å². The highest BCUT2D eigenvalue weighted by Gasteiger charge is 2.00. The van der Waals surface area contributed by atoms with Gasteiger partial charge < -0.3 is 26.6 Å². The van der Waals surface area contributed by atoms with Crippen molar-refractivity contribution in [2.75, 3.05) is 14.2 Å². The Morgan fingerprint density at radius 1 is 0.850 bits per heavy atom. The van der Waals surface area contributed by atoms with Crippen LogP contribution in [-0.2, 0) is 25.9 Å². The molecule has 0 atom stereocenters. The van der Waals surface area contributed by atoms with Gasteiger partial charge in [-0.25, -0.2) is 0 Å². The summed E-state index contributed by atoms with van der Waals surface area (Å²) in [4.78, 5) is 0. The van der Waals surface area contributed by atoms with Gasteiger partial charge >= 0.3 is 0 Å². The van der Waals surface area contributed by atoms with Gasteiger partial charge in [0.25, 0.3) is 0 Å². The summed E-state index contributed by atoms with van der Waals surface area (Å²) >= 11 is 5.41. The number of hydrogen-bond donors (Lipinski definition) is 0. The van der Waals surface area contributed by atoms with Crippen molar-refractivity contribution < 1.29 is 9.47 Å². The van der Waals surface area contributed by atoms with E-state index in [9.17, 15) is 0 Å². The molecule has 0 bridgehead atoms. The van der Waals surface area contributed by atoms with Crippen LogP contribution in [0.2, 0.25) is 0 Å². The van der Waals surface area contributed by atoms with Gasteiger partial charge in [-0.05, 0) is 35.4 Å². The van der Waals surface area contributed by atoms with Crippen LogP contribution in [0.3, 0.4) is 0 Å². The molecule has 2 rings (SSSR count). The van der Waals surface area contributed by atoms with Gasteiger partial charge in [0.2, 0.25) is 0 Å². The van der Waals surface area contributed by atoms with E-state index in [-0.39, 0.29) is 0 Å². The third-order valence-electron chi connectivity index (χ3n) is 2.99. The fraction of sp³-hybridized carbons (Fsp3) is 0.250. The zero-order chi connectivity index (χ0) is 14.4. The Morgan fingerprint density at radius 2 is 1.30 bits per heavy atom. The first-order valence-corrected chi connectivity index (χ1v) is 6.75. The number of nitrogens with zero attached hydrogens (tertiary/aromatic N) is 1. The lowest BCUT2D eigenvalue weighted by Crippen LogP contribution is -2.15. The fourth-order valence-electron chi connectivity index (χ4n) is 2.00. The molecule has 0 saturated heterocycles. The molecule has 0 aliphatic rings. The van der Waals surface area contributed by atoms with E-state index in [2.05, 4.69) is 0 Å². The molecule has 106 valence electrons. The van der Waals surface area contributed by atoms with E-state index in [4.69, 9.17) is 22.3 Å². The van der Waals surface area contributed by atoms with Crippen molar-refractivity contribution in [2.45, 2.75) is 13.1 Å². The van der Waals surface area contributed by atoms with Crippen molar-refractivity contribution in [2.24, 2.45) is 0 Å². The third-order valence-corrected chi connectivity index (χ3v) is 3.24. The van der Waals surface area contributed by atoms with Crippen molar-refractivity contribution in [1.82, 2.24) is 4.31 Å². The molecular formula is C16H18NO2S-. The van der Waals surface area contributed by atoms with E-state index in [1.54, 1.807) is 14.2 Å². The van der Waals surface area contributed by atoms with Gasteiger partial charge in [0, 0.05) is 13.1 Å². The van der Waals surface area contributed by atoms with Gasteiger partial charge in [0.1, 0.15) is 11.5 Å². The molecule has 20 heavy (non-hydrogen) atoms. The first kappa shape index (κ1) is 14.8. The summed E-state index contributed by atoms with van der Waals surface area (Å²) < 4.78 is 12.3. The largest absolute Gasteiger partial charge is 0.701 e. The van der Waals surface area contributed by atoms with Gasteiger partial charge in [-0.3, -0.25) is 0 Å². The summed E-state index contributed by atoms with van der Waals surface area (Å²) in [5, 5.41) is 0. The smallest absolute Gasteiger partial charge is 0.119 e. The lowest BCUT2D eigenvalue weighted by molar-refractivity contribution is 0.409. The minimum atomic E-state index is 0.698. The summed E-state index contributed by atoms with van der Waals surface area (Å²) in [7, 11) is 3.33. The minimum absolute atomic E-state index is 0.698. The molecule has 0 spiro atoms. The quantitative estimate of drug-likeness (QED) is 0.761. The lowest BCUT2D eigenvalue weighted by Gasteiger charge is -2.29. The predicted molar refractivity (Wildman–Crippen MR) is 82.6 cm³/mol. The summed E-state index contributed by atoms with van der Waals surface area (Å²) in [5.74, 6) is 1.71. The molecule has 4 heteroatoms. The molecule has 0 radical (unpaired) electrons. The van der Waals surface area contributed by atoms with E-state index in [0.717, 1.165) is 22.6 Å². The number of methoxy groups -OCH3 is 2. The molecule has 0 unspecified atom stereocenters. The van der Waals surface area contributed by atoms with Gasteiger partial charge in [0.05, 0.1) is 14.2 Å². The first-order chi connectivity index (χ1) is 9.71. The second kappa shape index (κ2) is 7.22. The number of ether oxygens (including phenoxy) is 2. The summed E-state index contributed by atoms with van der Waals surface area (Å²) in [6, 6.07) is 15.9. The van der Waals surface area contributed by atoms with Crippen LogP contribution in [0.1, 0.15) is 11.1 Å². The SMILES string of the molecule is COc1cccc(CN([S-])Cc2cccc(OC)c2)c1. The van der Waals surface area contributed by atoms with Crippen LogP contribution in [0.15, 0.2) is 48.5 Å². The van der Waals surface area contributed by atoms with E-state index in [1.807, 2.05) is 52.8 Å². The molecular weight excluding hydrogens is 270 g/mol. The second-order valence-corrected chi connectivity index (χ2v) is 5.02. The molecule has 0 heterocycles. The Balaban J connectivity index is 1.99. The van der Waals surface area contributed by atoms with Crippen molar-refractivity contribution in [3.8, 4) is 11.5 Å². The topological polar surface area (TPSA) is 21.7 Å². The highest BCUT2D eigenvalue weighted by Crippen LogP contribution is 2.17. The zero-order valence-corrected chi connectivity index (χ0v) is 12.5. The van der Waals surface area contributed by atoms with Crippen LogP contribution in [0.25, 0.3) is 0 Å². The van der Waals surface area contributed by atoms with Crippen LogP contribution < -0.4 is 9.47 Å². The molecule has 3 nitrogen and oxygen atoms in total. The van der Waals surface area contributed by atoms with Gasteiger partial charge in [0.15, 0.2) is 0 Å². The van der Waals surface area contributed by atoms with Gasteiger partial charge in [-0.15, -0.1) is 0 Å². The average Bonchev–Trinajstić information content (AvgIpc) is 2.47. The number of benzene rings is 2. The zero-order valence-electron chi connectivity index (χ0n) is 11.7. The average molecular weight is 288 g/mol. The van der Waals surface area contributed by atoms with Crippen molar-refractivity contribution in [3.05, 3.63) is 59.7 Å². The summed E-state index contributed by atoms with van der Waals surface area (Å²) in [6.07, 6.45) is 0. The van der Waals surface area contributed by atoms with Gasteiger partial charge in [-0.1, -0.05) is 24.3 Å². The van der Waals surface area contributed by atoms with Crippen LogP contribution in [0, 0.1) is 0 Å². The number of hydrogen-bond acceptors (Lipinski definition) is 4. The fourth-order valence-corrected chi connectivity index (χ4v) is 2.30. The molecule has 2 aromatic carbocycles. The Morgan fingerprint density at radius 3 is 1.70 bits per heavy atom. The highest BCUT2D eigenvalue weighted by molar-refractivity contribution is 7.55. The predicted octanol–water partition coefficient (Wildman–Crippen LogP) is 3.17. The van der Waals surface area contributed by atoms with E-state index in [0.29, 0.717) is 13.1 Å². The van der Waals surface area contributed by atoms with Crippen molar-refractivity contribution in [1.29, 1.82) is 0 Å². The molecule has 0 aromatic heterocycles. The molecule has 0 aliphatic carbocycles. The molecule has 0 aliphatic heterocycles. The molecule has 2 aromatic rings. The number of rotatable bonds is 6. The van der Waals surface area contributed by atoms with E-state index < -0.39 is 0 Å². The lowest BCUT2D eigenvalue weighted by atomic mass is 10.2. The third kappa shape index (κ3) is 4.18. The first-order valence-electron chi connectivity index (χ1n) is 6.39. The van der Waals surface area contributed by atoms with Crippen LogP contribution in [0.4, 0.5) is 0 Å². The maximum Gasteiger partial charge on any atom is 0.119 e. The molecule has 0 amide bonds. The molecule has 0 N–H and O–H groups in total. The standard InChI is InChI=1S/C16H18NO2S/c1-18-15-7-3-5-13(9-15)11-17(20)12-14-6-4-8-16(10-14)19-2/h3-10H,11-12H2,1-2H3/q-1. The van der Waals surface area contributed by atoms with Gasteiger partial charge in [-0.2, -0.15) is 0 Å². The van der Waals surface area contributed by atoms with Crippen molar-refractivity contribution >= 4 is 12.8 Å². The minimum Gasteiger partial charge on any atom is -0.701 e. The molecule has 0 saturated carbocycles. The Hall–Kier alpha value is -1.65. The van der Waals surface area contributed by atoms with Crippen LogP contribution in [-0.4, -0.2) is 18.5 Å². The summed E-state index contributed by atoms with van der Waals surface area (Å²) in [5.41, 5.74) is 2.28. The Bertz CT molecular complexity index is 510. The summed E-state index contributed by atoms with van der Waals surface area (Å²) in [6.45, 7) is 1.40. The Kier molecular flexibility index (Phi) is 5.32. The maximum absolute atomic E-state index is 5.41. The second-order valence-electron chi connectivity index (χ2n) is 4.50. The maximum atomic E-state index is 5.41. The van der Waals surface area contributed by atoms with E-state index in [1.165, 1.54) is 0 Å². The monoisotopic (exact) mass is 288 g/mol. The Labute approximate surface area is 125 Å². The highest BCUT2D eigenvalue weighted by atomic mass is 32.1.